The monoisotopic (exact) mass is 386 g/mol. The van der Waals surface area contributed by atoms with Crippen molar-refractivity contribution < 1.29 is 14.6 Å². The van der Waals surface area contributed by atoms with Gasteiger partial charge in [0.15, 0.2) is 0 Å². The largest absolute Gasteiger partial charge is 0.497 e. The van der Waals surface area contributed by atoms with Crippen LogP contribution in [0.3, 0.4) is 0 Å². The lowest BCUT2D eigenvalue weighted by molar-refractivity contribution is -0.0309. The molecule has 27 heavy (non-hydrogen) atoms. The second kappa shape index (κ2) is 11.1. The van der Waals surface area contributed by atoms with E-state index >= 15 is 0 Å². The van der Waals surface area contributed by atoms with Gasteiger partial charge in [-0.1, -0.05) is 49.8 Å². The van der Waals surface area contributed by atoms with Crippen LogP contribution in [-0.4, -0.2) is 24.9 Å². The van der Waals surface area contributed by atoms with Gasteiger partial charge in [0.05, 0.1) is 19.8 Å². The van der Waals surface area contributed by atoms with Crippen molar-refractivity contribution in [1.82, 2.24) is 0 Å². The van der Waals surface area contributed by atoms with Crippen molar-refractivity contribution in [3.63, 3.8) is 0 Å². The zero-order valence-electron chi connectivity index (χ0n) is 16.6. The van der Waals surface area contributed by atoms with Crippen molar-refractivity contribution in [2.75, 3.05) is 13.7 Å². The van der Waals surface area contributed by atoms with Crippen LogP contribution in [0.15, 0.2) is 58.8 Å². The first-order valence-electron chi connectivity index (χ1n) is 9.27. The topological polar surface area (TPSA) is 38.7 Å². The third kappa shape index (κ3) is 6.98. The Balaban J connectivity index is 2.01. The molecule has 1 aromatic heterocycles. The van der Waals surface area contributed by atoms with Gasteiger partial charge in [0.2, 0.25) is 0 Å². The zero-order chi connectivity index (χ0) is 19.6. The fourth-order valence-electron chi connectivity index (χ4n) is 3.01. The molecule has 3 nitrogen and oxygen atoms in total. The summed E-state index contributed by atoms with van der Waals surface area (Å²) in [5.74, 6) is 1.09. The Morgan fingerprint density at radius 2 is 1.93 bits per heavy atom. The van der Waals surface area contributed by atoms with Crippen LogP contribution in [0.5, 0.6) is 5.75 Å². The molecular formula is C23H30O3S. The van der Waals surface area contributed by atoms with Crippen LogP contribution in [0.4, 0.5) is 0 Å². The number of allylic oxidation sites excluding steroid dienone is 2. The summed E-state index contributed by atoms with van der Waals surface area (Å²) >= 11 is 1.70. The minimum atomic E-state index is -0.0541. The molecular weight excluding hydrogens is 356 g/mol. The van der Waals surface area contributed by atoms with Gasteiger partial charge < -0.3 is 14.6 Å². The van der Waals surface area contributed by atoms with Crippen LogP contribution >= 0.6 is 11.3 Å². The summed E-state index contributed by atoms with van der Waals surface area (Å²) in [5.41, 5.74) is 3.50. The fraction of sp³-hybridized carbons (Fsp3) is 0.391. The molecule has 1 aromatic carbocycles. The Kier molecular flexibility index (Phi) is 8.79. The Labute approximate surface area is 167 Å². The van der Waals surface area contributed by atoms with Gasteiger partial charge in [-0.3, -0.25) is 0 Å². The number of thiophene rings is 1. The van der Waals surface area contributed by atoms with Crippen LogP contribution in [0.25, 0.3) is 6.08 Å². The number of rotatable bonds is 10. The molecule has 0 aliphatic rings. The molecule has 0 fully saturated rings. The maximum Gasteiger partial charge on any atom is 0.118 e. The second-order valence-electron chi connectivity index (χ2n) is 6.94. The van der Waals surface area contributed by atoms with Crippen molar-refractivity contribution in [2.45, 2.75) is 33.5 Å². The van der Waals surface area contributed by atoms with E-state index in [0.717, 1.165) is 11.3 Å². The average Bonchev–Trinajstić information content (AvgIpc) is 3.20. The molecule has 0 bridgehead atoms. The lowest BCUT2D eigenvalue weighted by atomic mass is 9.92. The van der Waals surface area contributed by atoms with E-state index in [9.17, 15) is 5.11 Å². The van der Waals surface area contributed by atoms with Crippen molar-refractivity contribution in [3.05, 3.63) is 69.9 Å². The SMILES string of the molecule is COc1ccc(CO[C@@H]([C@H](C)/C=C(C)/C=C/c2ccsc2)[C@@H](C)CO)cc1. The van der Waals surface area contributed by atoms with Crippen LogP contribution in [-0.2, 0) is 11.3 Å². The molecule has 0 saturated heterocycles. The molecule has 0 aliphatic carbocycles. The van der Waals surface area contributed by atoms with E-state index in [4.69, 9.17) is 9.47 Å². The Hall–Kier alpha value is -1.88. The third-order valence-electron chi connectivity index (χ3n) is 4.58. The number of aliphatic hydroxyl groups is 1. The van der Waals surface area contributed by atoms with Gasteiger partial charge in [0.25, 0.3) is 0 Å². The smallest absolute Gasteiger partial charge is 0.118 e. The van der Waals surface area contributed by atoms with Gasteiger partial charge in [-0.25, -0.2) is 0 Å². The number of methoxy groups -OCH3 is 1. The van der Waals surface area contributed by atoms with Crippen molar-refractivity contribution in [1.29, 1.82) is 0 Å². The summed E-state index contributed by atoms with van der Waals surface area (Å²) in [6, 6.07) is 9.99. The summed E-state index contributed by atoms with van der Waals surface area (Å²) in [6.07, 6.45) is 6.41. The summed E-state index contributed by atoms with van der Waals surface area (Å²) in [7, 11) is 1.66. The maximum atomic E-state index is 9.65. The van der Waals surface area contributed by atoms with Gasteiger partial charge in [0, 0.05) is 18.4 Å². The summed E-state index contributed by atoms with van der Waals surface area (Å²) in [6.45, 7) is 6.89. The maximum absolute atomic E-state index is 9.65. The molecule has 0 radical (unpaired) electrons. The standard InChI is InChI=1S/C23H30O3S/c1-17(5-6-21-11-12-27-16-21)13-18(2)23(19(3)14-24)26-15-20-7-9-22(25-4)10-8-20/h5-13,16,18-19,23-24H,14-15H2,1-4H3/b6-5+,17-13+/t18-,19+,23+/m1/s1. The van der Waals surface area contributed by atoms with Gasteiger partial charge in [-0.05, 0) is 47.0 Å². The number of hydrogen-bond acceptors (Lipinski definition) is 4. The molecule has 0 unspecified atom stereocenters. The van der Waals surface area contributed by atoms with Crippen LogP contribution in [0.2, 0.25) is 0 Å². The minimum absolute atomic E-state index is 0.0541. The molecule has 146 valence electrons. The quantitative estimate of drug-likeness (QED) is 0.543. The van der Waals surface area contributed by atoms with Gasteiger partial charge >= 0.3 is 0 Å². The second-order valence-corrected chi connectivity index (χ2v) is 7.72. The van der Waals surface area contributed by atoms with Gasteiger partial charge in [-0.15, -0.1) is 0 Å². The highest BCUT2D eigenvalue weighted by molar-refractivity contribution is 7.08. The predicted octanol–water partition coefficient (Wildman–Crippen LogP) is 5.57. The molecule has 0 amide bonds. The summed E-state index contributed by atoms with van der Waals surface area (Å²) in [5, 5.41) is 13.9. The highest BCUT2D eigenvalue weighted by Gasteiger charge is 2.23. The van der Waals surface area contributed by atoms with E-state index < -0.39 is 0 Å². The van der Waals surface area contributed by atoms with Crippen molar-refractivity contribution in [3.8, 4) is 5.75 Å². The molecule has 0 saturated carbocycles. The first-order chi connectivity index (χ1) is 13.0. The molecule has 0 aliphatic heterocycles. The molecule has 3 atom stereocenters. The number of ether oxygens (including phenoxy) is 2. The van der Waals surface area contributed by atoms with Crippen LogP contribution in [0.1, 0.15) is 31.9 Å². The average molecular weight is 387 g/mol. The highest BCUT2D eigenvalue weighted by atomic mass is 32.1. The first-order valence-corrected chi connectivity index (χ1v) is 10.2. The Morgan fingerprint density at radius 1 is 1.19 bits per heavy atom. The summed E-state index contributed by atoms with van der Waals surface area (Å²) in [4.78, 5) is 0. The van der Waals surface area contributed by atoms with Crippen molar-refractivity contribution in [2.24, 2.45) is 11.8 Å². The Bertz CT molecular complexity index is 717. The van der Waals surface area contributed by atoms with Crippen LogP contribution in [0, 0.1) is 11.8 Å². The Morgan fingerprint density at radius 3 is 2.52 bits per heavy atom. The van der Waals surface area contributed by atoms with E-state index in [0.29, 0.717) is 6.61 Å². The normalized spacial score (nSPS) is 15.7. The van der Waals surface area contributed by atoms with Gasteiger partial charge in [0.1, 0.15) is 5.75 Å². The first kappa shape index (κ1) is 21.4. The third-order valence-corrected chi connectivity index (χ3v) is 5.28. The van der Waals surface area contributed by atoms with Crippen molar-refractivity contribution >= 4 is 17.4 Å². The number of hydrogen-bond donors (Lipinski definition) is 1. The molecule has 1 heterocycles. The van der Waals surface area contributed by atoms with E-state index in [1.807, 2.05) is 31.2 Å². The van der Waals surface area contributed by atoms with E-state index in [-0.39, 0.29) is 24.5 Å². The van der Waals surface area contributed by atoms with Gasteiger partial charge in [-0.2, -0.15) is 11.3 Å². The number of aliphatic hydroxyl groups excluding tert-OH is 1. The molecule has 1 N–H and O–H groups in total. The molecule has 0 spiro atoms. The molecule has 4 heteroatoms. The van der Waals surface area contributed by atoms with E-state index in [2.05, 4.69) is 48.9 Å². The molecule has 2 rings (SSSR count). The van der Waals surface area contributed by atoms with E-state index in [1.165, 1.54) is 11.1 Å². The zero-order valence-corrected chi connectivity index (χ0v) is 17.4. The number of benzene rings is 1. The fourth-order valence-corrected chi connectivity index (χ4v) is 3.64. The summed E-state index contributed by atoms with van der Waals surface area (Å²) < 4.78 is 11.4. The lowest BCUT2D eigenvalue weighted by Crippen LogP contribution is -2.30. The van der Waals surface area contributed by atoms with Crippen LogP contribution < -0.4 is 4.74 Å². The minimum Gasteiger partial charge on any atom is -0.497 e. The molecule has 2 aromatic rings. The van der Waals surface area contributed by atoms with E-state index in [1.54, 1.807) is 18.4 Å². The predicted molar refractivity (Wildman–Crippen MR) is 114 cm³/mol. The highest BCUT2D eigenvalue weighted by Crippen LogP contribution is 2.22. The lowest BCUT2D eigenvalue weighted by Gasteiger charge is -2.27.